The van der Waals surface area contributed by atoms with Gasteiger partial charge in [0.2, 0.25) is 0 Å². The van der Waals surface area contributed by atoms with Crippen LogP contribution in [0.25, 0.3) is 16.5 Å². The molecule has 0 saturated heterocycles. The zero-order valence-electron chi connectivity index (χ0n) is 14.6. The highest BCUT2D eigenvalue weighted by molar-refractivity contribution is 6.00. The van der Waals surface area contributed by atoms with Gasteiger partial charge in [0.15, 0.2) is 0 Å². The SMILES string of the molecule is COc1c(/C(C)=C/C(=O)n2oc(=O)c3ccccc32)ccc(C)c1C. The second-order valence-electron chi connectivity index (χ2n) is 5.94. The second kappa shape index (κ2) is 6.43. The van der Waals surface area contributed by atoms with Crippen LogP contribution in [0.5, 0.6) is 5.75 Å². The van der Waals surface area contributed by atoms with Crippen molar-refractivity contribution in [3.8, 4) is 5.75 Å². The topological polar surface area (TPSA) is 61.4 Å². The van der Waals surface area contributed by atoms with Gasteiger partial charge in [-0.2, -0.15) is 0 Å². The highest BCUT2D eigenvalue weighted by Crippen LogP contribution is 2.31. The number of nitrogens with zero attached hydrogens (tertiary/aromatic N) is 1. The quantitative estimate of drug-likeness (QED) is 0.679. The molecule has 0 aliphatic carbocycles. The molecule has 0 saturated carbocycles. The van der Waals surface area contributed by atoms with Gasteiger partial charge < -0.3 is 9.26 Å². The lowest BCUT2D eigenvalue weighted by molar-refractivity contribution is 0.0861. The highest BCUT2D eigenvalue weighted by Gasteiger charge is 2.15. The van der Waals surface area contributed by atoms with Crippen molar-refractivity contribution >= 4 is 22.4 Å². The summed E-state index contributed by atoms with van der Waals surface area (Å²) < 4.78 is 11.6. The number of aromatic nitrogens is 1. The highest BCUT2D eigenvalue weighted by atomic mass is 16.5. The number of ether oxygens (including phenoxy) is 1. The van der Waals surface area contributed by atoms with Crippen LogP contribution in [-0.2, 0) is 0 Å². The van der Waals surface area contributed by atoms with Crippen LogP contribution in [0.1, 0.15) is 28.4 Å². The van der Waals surface area contributed by atoms with E-state index in [-0.39, 0.29) is 0 Å². The molecular weight excluding hydrogens is 318 g/mol. The van der Waals surface area contributed by atoms with Gasteiger partial charge in [-0.05, 0) is 49.6 Å². The van der Waals surface area contributed by atoms with E-state index in [2.05, 4.69) is 0 Å². The lowest BCUT2D eigenvalue weighted by Crippen LogP contribution is -2.07. The van der Waals surface area contributed by atoms with Crippen molar-refractivity contribution in [1.29, 1.82) is 0 Å². The van der Waals surface area contributed by atoms with Crippen LogP contribution in [-0.4, -0.2) is 17.8 Å². The molecule has 0 atom stereocenters. The fourth-order valence-corrected chi connectivity index (χ4v) is 2.85. The van der Waals surface area contributed by atoms with Crippen molar-refractivity contribution in [3.63, 3.8) is 0 Å². The maximum absolute atomic E-state index is 12.6. The van der Waals surface area contributed by atoms with Crippen molar-refractivity contribution in [3.05, 3.63) is 69.6 Å². The van der Waals surface area contributed by atoms with Gasteiger partial charge in [0.25, 0.3) is 5.91 Å². The van der Waals surface area contributed by atoms with E-state index in [1.54, 1.807) is 31.4 Å². The van der Waals surface area contributed by atoms with E-state index in [0.29, 0.717) is 10.9 Å². The Kier molecular flexibility index (Phi) is 4.31. The van der Waals surface area contributed by atoms with E-state index in [4.69, 9.17) is 9.26 Å². The van der Waals surface area contributed by atoms with E-state index in [1.807, 2.05) is 32.9 Å². The molecule has 3 rings (SSSR count). The van der Waals surface area contributed by atoms with E-state index in [9.17, 15) is 9.59 Å². The zero-order valence-corrected chi connectivity index (χ0v) is 14.6. The van der Waals surface area contributed by atoms with Crippen LogP contribution in [0.15, 0.2) is 51.8 Å². The summed E-state index contributed by atoms with van der Waals surface area (Å²) in [6, 6.07) is 10.7. The maximum Gasteiger partial charge on any atom is 0.366 e. The average molecular weight is 337 g/mol. The van der Waals surface area contributed by atoms with Crippen LogP contribution in [0.3, 0.4) is 0 Å². The Hall–Kier alpha value is -3.08. The normalized spacial score (nSPS) is 11.8. The third kappa shape index (κ3) is 2.89. The first-order chi connectivity index (χ1) is 11.9. The van der Waals surface area contributed by atoms with E-state index < -0.39 is 11.5 Å². The molecule has 25 heavy (non-hydrogen) atoms. The summed E-state index contributed by atoms with van der Waals surface area (Å²) in [5.74, 6) is 0.316. The summed E-state index contributed by atoms with van der Waals surface area (Å²) in [6.07, 6.45) is 1.45. The van der Waals surface area contributed by atoms with E-state index in [1.165, 1.54) is 6.08 Å². The molecule has 1 heterocycles. The fourth-order valence-electron chi connectivity index (χ4n) is 2.85. The molecule has 0 spiro atoms. The summed E-state index contributed by atoms with van der Waals surface area (Å²) in [5.41, 5.74) is 3.62. The number of rotatable bonds is 3. The summed E-state index contributed by atoms with van der Waals surface area (Å²) in [6.45, 7) is 5.81. The van der Waals surface area contributed by atoms with Gasteiger partial charge in [-0.3, -0.25) is 4.79 Å². The molecule has 3 aromatic rings. The standard InChI is InChI=1S/C20H19NO4/c1-12-9-10-15(19(24-4)14(12)3)13(2)11-18(22)21-17-8-6-5-7-16(17)20(23)25-21/h5-11H,1-4H3/b13-11+. The third-order valence-corrected chi connectivity index (χ3v) is 4.36. The first kappa shape index (κ1) is 16.8. The van der Waals surface area contributed by atoms with Gasteiger partial charge in [0.05, 0.1) is 18.0 Å². The Bertz CT molecular complexity index is 1050. The average Bonchev–Trinajstić information content (AvgIpc) is 2.94. The molecule has 5 heteroatoms. The Morgan fingerprint density at radius 3 is 2.60 bits per heavy atom. The van der Waals surface area contributed by atoms with Gasteiger partial charge in [-0.15, -0.1) is 4.74 Å². The lowest BCUT2D eigenvalue weighted by Gasteiger charge is -2.13. The molecule has 0 unspecified atom stereocenters. The summed E-state index contributed by atoms with van der Waals surface area (Å²) in [4.78, 5) is 24.5. The molecule has 128 valence electrons. The number of benzene rings is 2. The van der Waals surface area contributed by atoms with Crippen molar-refractivity contribution in [1.82, 2.24) is 4.74 Å². The van der Waals surface area contributed by atoms with Crippen molar-refractivity contribution < 1.29 is 14.1 Å². The molecule has 1 aromatic heterocycles. The van der Waals surface area contributed by atoms with Crippen molar-refractivity contribution in [2.24, 2.45) is 0 Å². The lowest BCUT2D eigenvalue weighted by atomic mass is 9.99. The minimum atomic E-state index is -0.529. The smallest absolute Gasteiger partial charge is 0.366 e. The number of allylic oxidation sites excluding steroid dienone is 2. The van der Waals surface area contributed by atoms with Crippen molar-refractivity contribution in [2.45, 2.75) is 20.8 Å². The molecule has 0 bridgehead atoms. The van der Waals surface area contributed by atoms with Crippen LogP contribution in [0, 0.1) is 13.8 Å². The minimum absolute atomic E-state index is 0.380. The van der Waals surface area contributed by atoms with Crippen LogP contribution >= 0.6 is 0 Å². The Balaban J connectivity index is 2.07. The van der Waals surface area contributed by atoms with Gasteiger partial charge in [-0.25, -0.2) is 4.79 Å². The molecule has 0 fully saturated rings. The van der Waals surface area contributed by atoms with Crippen LogP contribution in [0.2, 0.25) is 0 Å². The van der Waals surface area contributed by atoms with Gasteiger partial charge >= 0.3 is 5.63 Å². The number of carbonyl (C=O) groups excluding carboxylic acids is 1. The molecule has 0 aliphatic heterocycles. The molecule has 2 aromatic carbocycles. The molecular formula is C20H19NO4. The summed E-state index contributed by atoms with van der Waals surface area (Å²) in [7, 11) is 1.61. The first-order valence-corrected chi connectivity index (χ1v) is 7.92. The number of carbonyl (C=O) groups is 1. The number of methoxy groups -OCH3 is 1. The minimum Gasteiger partial charge on any atom is -0.496 e. The van der Waals surface area contributed by atoms with Gasteiger partial charge in [0, 0.05) is 11.6 Å². The molecule has 0 aliphatic rings. The number of fused-ring (bicyclic) bond motifs is 1. The Morgan fingerprint density at radius 2 is 1.88 bits per heavy atom. The monoisotopic (exact) mass is 337 g/mol. The fraction of sp³-hybridized carbons (Fsp3) is 0.200. The van der Waals surface area contributed by atoms with Crippen molar-refractivity contribution in [2.75, 3.05) is 7.11 Å². The summed E-state index contributed by atoms with van der Waals surface area (Å²) >= 11 is 0. The Morgan fingerprint density at radius 1 is 1.16 bits per heavy atom. The largest absolute Gasteiger partial charge is 0.496 e. The second-order valence-corrected chi connectivity index (χ2v) is 5.94. The molecule has 0 radical (unpaired) electrons. The van der Waals surface area contributed by atoms with E-state index in [0.717, 1.165) is 32.8 Å². The predicted molar refractivity (Wildman–Crippen MR) is 97.2 cm³/mol. The zero-order chi connectivity index (χ0) is 18.1. The van der Waals surface area contributed by atoms with Crippen LogP contribution in [0.4, 0.5) is 0 Å². The van der Waals surface area contributed by atoms with Gasteiger partial charge in [0.1, 0.15) is 5.75 Å². The predicted octanol–water partition coefficient (Wildman–Crippen LogP) is 3.96. The number of hydrogen-bond donors (Lipinski definition) is 0. The molecule has 0 N–H and O–H groups in total. The molecule has 0 amide bonds. The Labute approximate surface area is 145 Å². The third-order valence-electron chi connectivity index (χ3n) is 4.36. The number of hydrogen-bond acceptors (Lipinski definition) is 4. The van der Waals surface area contributed by atoms with Crippen LogP contribution < -0.4 is 10.4 Å². The first-order valence-electron chi connectivity index (χ1n) is 7.92. The number of para-hydroxylation sites is 1. The number of aryl methyl sites for hydroxylation is 1. The maximum atomic E-state index is 12.6. The van der Waals surface area contributed by atoms with E-state index >= 15 is 0 Å². The molecule has 5 nitrogen and oxygen atoms in total. The summed E-state index contributed by atoms with van der Waals surface area (Å²) in [5, 5.41) is 0.380. The van der Waals surface area contributed by atoms with Gasteiger partial charge in [-0.1, -0.05) is 24.3 Å².